The first kappa shape index (κ1) is 14.6. The van der Waals surface area contributed by atoms with Crippen molar-refractivity contribution in [3.05, 3.63) is 40.9 Å². The third-order valence-corrected chi connectivity index (χ3v) is 4.39. The van der Waals surface area contributed by atoms with Crippen molar-refractivity contribution in [1.29, 1.82) is 0 Å². The molecule has 0 atom stereocenters. The molecule has 0 aliphatic heterocycles. The third-order valence-electron chi connectivity index (χ3n) is 2.57. The molecule has 0 saturated heterocycles. The number of rotatable bonds is 6. The molecule has 1 aromatic heterocycles. The smallest absolute Gasteiger partial charge is 0.309 e. The molecule has 0 radical (unpaired) electrons. The van der Waals surface area contributed by atoms with E-state index in [0.717, 1.165) is 16.3 Å². The Hall–Kier alpha value is -1.77. The monoisotopic (exact) mass is 303 g/mol. The van der Waals surface area contributed by atoms with Crippen molar-refractivity contribution in [3.63, 3.8) is 0 Å². The van der Waals surface area contributed by atoms with E-state index in [0.29, 0.717) is 11.4 Å². The summed E-state index contributed by atoms with van der Waals surface area (Å²) in [6, 6.07) is 8.01. The van der Waals surface area contributed by atoms with Gasteiger partial charge in [0, 0.05) is 16.7 Å². The Kier molecular flexibility index (Phi) is 5.22. The zero-order chi connectivity index (χ0) is 14.4. The van der Waals surface area contributed by atoms with Crippen LogP contribution in [-0.2, 0) is 17.0 Å². The van der Waals surface area contributed by atoms with Gasteiger partial charge in [-0.25, -0.2) is 4.98 Å². The third kappa shape index (κ3) is 3.86. The molecule has 3 nitrogen and oxygen atoms in total. The van der Waals surface area contributed by atoms with Crippen LogP contribution in [0, 0.1) is 12.3 Å². The molecule has 0 saturated carbocycles. The predicted molar refractivity (Wildman–Crippen MR) is 83.9 cm³/mol. The molecule has 20 heavy (non-hydrogen) atoms. The van der Waals surface area contributed by atoms with Crippen LogP contribution in [0.4, 0.5) is 0 Å². The number of carboxylic acids is 1. The fraction of sp³-hybridized carbons (Fsp3) is 0.200. The van der Waals surface area contributed by atoms with Crippen molar-refractivity contribution in [3.8, 4) is 22.9 Å². The first-order valence-corrected chi connectivity index (χ1v) is 8.00. The summed E-state index contributed by atoms with van der Waals surface area (Å²) in [6.07, 6.45) is 5.22. The number of thiazole rings is 1. The number of terminal acetylenes is 1. The average Bonchev–Trinajstić information content (AvgIpc) is 2.87. The molecule has 5 heteroatoms. The first-order chi connectivity index (χ1) is 9.70. The van der Waals surface area contributed by atoms with E-state index in [-0.39, 0.29) is 6.42 Å². The fourth-order valence-corrected chi connectivity index (χ4v) is 3.31. The molecule has 1 N–H and O–H groups in total. The van der Waals surface area contributed by atoms with Crippen LogP contribution in [0.2, 0.25) is 0 Å². The van der Waals surface area contributed by atoms with E-state index in [1.54, 1.807) is 17.1 Å². The predicted octanol–water partition coefficient (Wildman–Crippen LogP) is 3.30. The number of aromatic nitrogens is 1. The number of hydrogen-bond acceptors (Lipinski definition) is 4. The second-order valence-corrected chi connectivity index (χ2v) is 5.91. The highest BCUT2D eigenvalue weighted by atomic mass is 32.2. The minimum Gasteiger partial charge on any atom is -0.481 e. The topological polar surface area (TPSA) is 50.2 Å². The van der Waals surface area contributed by atoms with E-state index in [4.69, 9.17) is 11.5 Å². The molecular weight excluding hydrogens is 290 g/mol. The number of carboxylic acid groups (broad SMARTS) is 1. The van der Waals surface area contributed by atoms with Crippen molar-refractivity contribution in [1.82, 2.24) is 4.98 Å². The normalized spacial score (nSPS) is 10.2. The highest BCUT2D eigenvalue weighted by Gasteiger charge is 2.10. The van der Waals surface area contributed by atoms with E-state index in [1.165, 1.54) is 16.9 Å². The Labute approximate surface area is 126 Å². The molecule has 0 bridgehead atoms. The summed E-state index contributed by atoms with van der Waals surface area (Å²) in [7, 11) is 0. The summed E-state index contributed by atoms with van der Waals surface area (Å²) in [4.78, 5) is 15.1. The number of thioether (sulfide) groups is 1. The minimum absolute atomic E-state index is 0.0372. The number of benzene rings is 1. The fourth-order valence-electron chi connectivity index (χ4n) is 1.74. The van der Waals surface area contributed by atoms with Crippen molar-refractivity contribution in [2.24, 2.45) is 0 Å². The number of hydrogen-bond donors (Lipinski definition) is 1. The zero-order valence-electron chi connectivity index (χ0n) is 10.7. The lowest BCUT2D eigenvalue weighted by Crippen LogP contribution is -2.00. The maximum absolute atomic E-state index is 10.7. The summed E-state index contributed by atoms with van der Waals surface area (Å²) in [6.45, 7) is 0. The Morgan fingerprint density at radius 1 is 1.45 bits per heavy atom. The van der Waals surface area contributed by atoms with Gasteiger partial charge in [0.25, 0.3) is 0 Å². The van der Waals surface area contributed by atoms with Crippen molar-refractivity contribution in [2.45, 2.75) is 12.2 Å². The molecule has 0 aliphatic rings. The summed E-state index contributed by atoms with van der Waals surface area (Å²) in [5, 5.41) is 11.4. The Morgan fingerprint density at radius 2 is 2.25 bits per heavy atom. The number of nitrogens with zero attached hydrogens (tertiary/aromatic N) is 1. The SMILES string of the molecule is C#CCSCc1ccccc1-c1nc(CC(=O)O)cs1. The molecule has 1 aromatic carbocycles. The van der Waals surface area contributed by atoms with E-state index >= 15 is 0 Å². The molecular formula is C15H13NO2S2. The van der Waals surface area contributed by atoms with Gasteiger partial charge in [-0.05, 0) is 5.56 Å². The average molecular weight is 303 g/mol. The van der Waals surface area contributed by atoms with Crippen LogP contribution in [0.3, 0.4) is 0 Å². The molecule has 102 valence electrons. The summed E-state index contributed by atoms with van der Waals surface area (Å²) < 4.78 is 0. The van der Waals surface area contributed by atoms with E-state index in [1.807, 2.05) is 18.2 Å². The molecule has 0 fully saturated rings. The number of aliphatic carboxylic acids is 1. The van der Waals surface area contributed by atoms with Crippen LogP contribution >= 0.6 is 23.1 Å². The van der Waals surface area contributed by atoms with Crippen LogP contribution in [0.25, 0.3) is 10.6 Å². The van der Waals surface area contributed by atoms with Gasteiger partial charge in [-0.2, -0.15) is 0 Å². The summed E-state index contributed by atoms with van der Waals surface area (Å²) >= 11 is 3.15. The molecule has 0 aliphatic carbocycles. The Morgan fingerprint density at radius 3 is 3.00 bits per heavy atom. The summed E-state index contributed by atoms with van der Waals surface area (Å²) in [5.74, 6) is 3.25. The molecule has 1 heterocycles. The van der Waals surface area contributed by atoms with Gasteiger partial charge in [-0.3, -0.25) is 4.79 Å². The number of carbonyl (C=O) groups is 1. The summed E-state index contributed by atoms with van der Waals surface area (Å²) in [5.41, 5.74) is 2.83. The molecule has 0 unspecified atom stereocenters. The van der Waals surface area contributed by atoms with E-state index in [9.17, 15) is 4.79 Å². The molecule has 0 amide bonds. The Balaban J connectivity index is 2.21. The van der Waals surface area contributed by atoms with Gasteiger partial charge >= 0.3 is 5.97 Å². The second-order valence-electron chi connectivity index (χ2n) is 4.07. The van der Waals surface area contributed by atoms with Crippen molar-refractivity contribution < 1.29 is 9.90 Å². The van der Waals surface area contributed by atoms with Gasteiger partial charge < -0.3 is 5.11 Å². The van der Waals surface area contributed by atoms with Crippen molar-refractivity contribution >= 4 is 29.1 Å². The van der Waals surface area contributed by atoms with Crippen LogP contribution in [0.5, 0.6) is 0 Å². The van der Waals surface area contributed by atoms with Crippen LogP contribution in [-0.4, -0.2) is 21.8 Å². The lowest BCUT2D eigenvalue weighted by atomic mass is 10.1. The van der Waals surface area contributed by atoms with Gasteiger partial charge in [0.2, 0.25) is 0 Å². The van der Waals surface area contributed by atoms with Gasteiger partial charge in [0.05, 0.1) is 17.9 Å². The van der Waals surface area contributed by atoms with Crippen LogP contribution in [0.15, 0.2) is 29.6 Å². The van der Waals surface area contributed by atoms with Gasteiger partial charge in [-0.15, -0.1) is 29.5 Å². The molecule has 0 spiro atoms. The van der Waals surface area contributed by atoms with Crippen LogP contribution < -0.4 is 0 Å². The second kappa shape index (κ2) is 7.13. The van der Waals surface area contributed by atoms with Gasteiger partial charge in [-0.1, -0.05) is 30.2 Å². The lowest BCUT2D eigenvalue weighted by molar-refractivity contribution is -0.136. The van der Waals surface area contributed by atoms with Gasteiger partial charge in [0.15, 0.2) is 0 Å². The standard InChI is InChI=1S/C15H13NO2S2/c1-2-7-19-9-11-5-3-4-6-13(11)15-16-12(10-20-15)8-14(17)18/h1,3-6,10H,7-9H2,(H,17,18). The highest BCUT2D eigenvalue weighted by molar-refractivity contribution is 7.98. The minimum atomic E-state index is -0.861. The lowest BCUT2D eigenvalue weighted by Gasteiger charge is -2.05. The Bertz CT molecular complexity index is 643. The zero-order valence-corrected chi connectivity index (χ0v) is 12.3. The van der Waals surface area contributed by atoms with Crippen molar-refractivity contribution in [2.75, 3.05) is 5.75 Å². The van der Waals surface area contributed by atoms with Crippen LogP contribution in [0.1, 0.15) is 11.3 Å². The van der Waals surface area contributed by atoms with E-state index < -0.39 is 5.97 Å². The maximum Gasteiger partial charge on any atom is 0.309 e. The molecule has 2 aromatic rings. The van der Waals surface area contributed by atoms with E-state index in [2.05, 4.69) is 17.0 Å². The quantitative estimate of drug-likeness (QED) is 0.657. The highest BCUT2D eigenvalue weighted by Crippen LogP contribution is 2.29. The van der Waals surface area contributed by atoms with Gasteiger partial charge in [0.1, 0.15) is 5.01 Å². The first-order valence-electron chi connectivity index (χ1n) is 5.96. The largest absolute Gasteiger partial charge is 0.481 e. The maximum atomic E-state index is 10.7. The molecule has 2 rings (SSSR count).